The Balaban J connectivity index is 1.83. The molecule has 0 aliphatic carbocycles. The minimum absolute atomic E-state index is 0.00201. The molecule has 1 aliphatic rings. The molecule has 1 fully saturated rings. The van der Waals surface area contributed by atoms with Gasteiger partial charge in [0.1, 0.15) is 12.3 Å². The van der Waals surface area contributed by atoms with Crippen LogP contribution in [0.3, 0.4) is 0 Å². The van der Waals surface area contributed by atoms with Crippen LogP contribution in [-0.4, -0.2) is 41.6 Å². The third-order valence-electron chi connectivity index (χ3n) is 6.47. The Morgan fingerprint density at radius 1 is 1.29 bits per heavy atom. The second-order valence-electron chi connectivity index (χ2n) is 9.82. The molecule has 0 amide bonds. The first-order valence-electron chi connectivity index (χ1n) is 10.9. The SMILES string of the molecule is CC(C)(C)[Si](C)(C)OC[C@H]1O[C@@H](n2cc(I)c(=O)[nH]c2=O)C[C@H]1OCc1ccccc1[N+](=O)[O-]. The lowest BCUT2D eigenvalue weighted by Crippen LogP contribution is -2.44. The van der Waals surface area contributed by atoms with Crippen molar-refractivity contribution in [2.24, 2.45) is 0 Å². The highest BCUT2D eigenvalue weighted by Crippen LogP contribution is 2.38. The average molecular weight is 603 g/mol. The third-order valence-corrected chi connectivity index (χ3v) is 11.7. The molecule has 0 saturated carbocycles. The first-order valence-corrected chi connectivity index (χ1v) is 14.9. The van der Waals surface area contributed by atoms with E-state index in [4.69, 9.17) is 13.9 Å². The molecule has 12 heteroatoms. The van der Waals surface area contributed by atoms with Gasteiger partial charge in [-0.1, -0.05) is 32.9 Å². The molecule has 1 aromatic carbocycles. The number of aromatic amines is 1. The van der Waals surface area contributed by atoms with Gasteiger partial charge in [-0.2, -0.15) is 0 Å². The Morgan fingerprint density at radius 2 is 1.97 bits per heavy atom. The fourth-order valence-electron chi connectivity index (χ4n) is 3.39. The van der Waals surface area contributed by atoms with Crippen molar-refractivity contribution in [3.05, 3.63) is 70.5 Å². The van der Waals surface area contributed by atoms with Crippen LogP contribution in [-0.2, 0) is 20.5 Å². The largest absolute Gasteiger partial charge is 0.414 e. The van der Waals surface area contributed by atoms with E-state index in [0.717, 1.165) is 0 Å². The summed E-state index contributed by atoms with van der Waals surface area (Å²) >= 11 is 1.86. The second kappa shape index (κ2) is 10.4. The van der Waals surface area contributed by atoms with Crippen LogP contribution in [0.4, 0.5) is 5.69 Å². The maximum Gasteiger partial charge on any atom is 0.330 e. The van der Waals surface area contributed by atoms with Crippen LogP contribution in [0.2, 0.25) is 18.1 Å². The summed E-state index contributed by atoms with van der Waals surface area (Å²) in [4.78, 5) is 37.4. The topological polar surface area (TPSA) is 126 Å². The second-order valence-corrected chi connectivity index (χ2v) is 15.8. The van der Waals surface area contributed by atoms with Gasteiger partial charge in [-0.3, -0.25) is 24.5 Å². The van der Waals surface area contributed by atoms with Crippen LogP contribution in [0.1, 0.15) is 39.0 Å². The van der Waals surface area contributed by atoms with Gasteiger partial charge in [0, 0.05) is 18.7 Å². The number of halogens is 1. The normalized spacial score (nSPS) is 21.1. The number of para-hydroxylation sites is 1. The van der Waals surface area contributed by atoms with E-state index < -0.39 is 42.9 Å². The Hall–Kier alpha value is -1.87. The van der Waals surface area contributed by atoms with Crippen LogP contribution in [0, 0.1) is 13.7 Å². The first kappa shape index (κ1) is 26.7. The zero-order chi connectivity index (χ0) is 25.3. The molecule has 0 spiro atoms. The number of nitrogens with one attached hydrogen (secondary N) is 1. The molecule has 2 aromatic rings. The smallest absolute Gasteiger partial charge is 0.330 e. The van der Waals surface area contributed by atoms with Crippen LogP contribution in [0.25, 0.3) is 0 Å². The highest BCUT2D eigenvalue weighted by molar-refractivity contribution is 14.1. The maximum absolute atomic E-state index is 12.4. The average Bonchev–Trinajstić information content (AvgIpc) is 3.15. The number of nitro benzene ring substituents is 1. The van der Waals surface area contributed by atoms with Gasteiger partial charge in [0.15, 0.2) is 8.32 Å². The predicted octanol–water partition coefficient (Wildman–Crippen LogP) is 3.94. The molecule has 3 atom stereocenters. The quantitative estimate of drug-likeness (QED) is 0.210. The van der Waals surface area contributed by atoms with Crippen LogP contribution >= 0.6 is 22.6 Å². The van der Waals surface area contributed by atoms with E-state index in [1.807, 2.05) is 22.6 Å². The van der Waals surface area contributed by atoms with Crippen molar-refractivity contribution < 1.29 is 18.8 Å². The van der Waals surface area contributed by atoms with Crippen molar-refractivity contribution in [3.8, 4) is 0 Å². The van der Waals surface area contributed by atoms with E-state index in [9.17, 15) is 19.7 Å². The summed E-state index contributed by atoms with van der Waals surface area (Å²) in [6.45, 7) is 11.0. The summed E-state index contributed by atoms with van der Waals surface area (Å²) in [5.41, 5.74) is -0.588. The van der Waals surface area contributed by atoms with Crippen LogP contribution in [0.5, 0.6) is 0 Å². The highest BCUT2D eigenvalue weighted by Gasteiger charge is 2.42. The minimum Gasteiger partial charge on any atom is -0.414 e. The Bertz CT molecular complexity index is 1160. The van der Waals surface area contributed by atoms with Crippen LogP contribution < -0.4 is 11.2 Å². The van der Waals surface area contributed by atoms with Crippen molar-refractivity contribution in [3.63, 3.8) is 0 Å². The van der Waals surface area contributed by atoms with Gasteiger partial charge < -0.3 is 13.9 Å². The summed E-state index contributed by atoms with van der Waals surface area (Å²) < 4.78 is 20.4. The number of benzene rings is 1. The number of nitrogens with zero attached hydrogens (tertiary/aromatic N) is 2. The molecular weight excluding hydrogens is 573 g/mol. The monoisotopic (exact) mass is 603 g/mol. The standard InChI is InChI=1S/C22H30IN3O7Si/c1-22(2,3)34(4,5)32-13-18-17(31-12-14-8-6-7-9-16(14)26(29)30)10-19(33-18)25-11-15(23)20(27)24-21(25)28/h6-9,11,17-19H,10,12-13H2,1-5H3,(H,24,27,28)/t17-,18-,19-/m1/s1. The zero-order valence-corrected chi connectivity index (χ0v) is 23.0. The fraction of sp³-hybridized carbons (Fsp3) is 0.545. The minimum atomic E-state index is -2.08. The molecule has 34 heavy (non-hydrogen) atoms. The summed E-state index contributed by atoms with van der Waals surface area (Å²) in [6, 6.07) is 6.42. The van der Waals surface area contributed by atoms with E-state index in [1.165, 1.54) is 16.8 Å². The number of aromatic nitrogens is 2. The van der Waals surface area contributed by atoms with Crippen molar-refractivity contribution in [2.45, 2.75) is 70.4 Å². The van der Waals surface area contributed by atoms with E-state index in [0.29, 0.717) is 15.6 Å². The molecular formula is C22H30IN3O7Si. The van der Waals surface area contributed by atoms with Gasteiger partial charge in [-0.05, 0) is 46.8 Å². The van der Waals surface area contributed by atoms with E-state index in [2.05, 4.69) is 38.8 Å². The van der Waals surface area contributed by atoms with Gasteiger partial charge in [0.2, 0.25) is 0 Å². The van der Waals surface area contributed by atoms with Crippen LogP contribution in [0.15, 0.2) is 40.1 Å². The number of hydrogen-bond acceptors (Lipinski definition) is 7. The van der Waals surface area contributed by atoms with Gasteiger partial charge in [0.25, 0.3) is 11.2 Å². The van der Waals surface area contributed by atoms with Crippen molar-refractivity contribution >= 4 is 36.6 Å². The lowest BCUT2D eigenvalue weighted by molar-refractivity contribution is -0.386. The lowest BCUT2D eigenvalue weighted by Gasteiger charge is -2.37. The first-order chi connectivity index (χ1) is 15.8. The summed E-state index contributed by atoms with van der Waals surface area (Å²) in [5.74, 6) is 0. The van der Waals surface area contributed by atoms with Gasteiger partial charge in [-0.25, -0.2) is 4.79 Å². The van der Waals surface area contributed by atoms with Crippen molar-refractivity contribution in [1.29, 1.82) is 0 Å². The van der Waals surface area contributed by atoms with Gasteiger partial charge in [0.05, 0.1) is 33.4 Å². The molecule has 1 saturated heterocycles. The molecule has 3 rings (SSSR count). The van der Waals surface area contributed by atoms with Crippen molar-refractivity contribution in [2.75, 3.05) is 6.61 Å². The Labute approximate surface area is 212 Å². The number of nitro groups is 1. The van der Waals surface area contributed by atoms with E-state index >= 15 is 0 Å². The highest BCUT2D eigenvalue weighted by atomic mass is 127. The molecule has 0 radical (unpaired) electrons. The number of rotatable bonds is 8. The molecule has 0 unspecified atom stereocenters. The Morgan fingerprint density at radius 3 is 2.62 bits per heavy atom. The molecule has 10 nitrogen and oxygen atoms in total. The molecule has 2 heterocycles. The molecule has 1 aromatic heterocycles. The lowest BCUT2D eigenvalue weighted by atomic mass is 10.1. The van der Waals surface area contributed by atoms with E-state index in [1.54, 1.807) is 18.2 Å². The number of hydrogen-bond donors (Lipinski definition) is 1. The summed E-state index contributed by atoms with van der Waals surface area (Å²) in [6.07, 6.45) is 0.169. The summed E-state index contributed by atoms with van der Waals surface area (Å²) in [5, 5.41) is 11.4. The number of ether oxygens (including phenoxy) is 2. The van der Waals surface area contributed by atoms with Crippen molar-refractivity contribution in [1.82, 2.24) is 9.55 Å². The maximum atomic E-state index is 12.4. The molecule has 1 N–H and O–H groups in total. The molecule has 0 bridgehead atoms. The summed E-state index contributed by atoms with van der Waals surface area (Å²) in [7, 11) is -2.08. The molecule has 186 valence electrons. The molecule has 1 aliphatic heterocycles. The zero-order valence-electron chi connectivity index (χ0n) is 19.9. The predicted molar refractivity (Wildman–Crippen MR) is 137 cm³/mol. The Kier molecular flexibility index (Phi) is 8.17. The third kappa shape index (κ3) is 6.03. The number of H-pyrrole nitrogens is 1. The van der Waals surface area contributed by atoms with E-state index in [-0.39, 0.29) is 23.9 Å². The van der Waals surface area contributed by atoms with Gasteiger partial charge >= 0.3 is 5.69 Å². The fourth-order valence-corrected chi connectivity index (χ4v) is 4.83. The van der Waals surface area contributed by atoms with Gasteiger partial charge in [-0.15, -0.1) is 0 Å².